The van der Waals surface area contributed by atoms with Crippen LogP contribution in [-0.4, -0.2) is 18.5 Å². The van der Waals surface area contributed by atoms with E-state index in [1.165, 1.54) is 0 Å². The van der Waals surface area contributed by atoms with E-state index in [0.29, 0.717) is 17.9 Å². The van der Waals surface area contributed by atoms with E-state index in [1.807, 2.05) is 6.08 Å². The average molecular weight is 273 g/mol. The van der Waals surface area contributed by atoms with Crippen LogP contribution in [0.25, 0.3) is 0 Å². The largest absolute Gasteiger partial charge is 0.462 e. The number of carbonyl (C=O) groups excluding carboxylic acids is 2. The van der Waals surface area contributed by atoms with Gasteiger partial charge in [0, 0.05) is 11.6 Å². The van der Waals surface area contributed by atoms with Gasteiger partial charge in [-0.2, -0.15) is 0 Å². The molecule has 1 amide bonds. The normalized spacial score (nSPS) is 17.6. The molecule has 4 heteroatoms. The predicted molar refractivity (Wildman–Crippen MR) is 77.5 cm³/mol. The van der Waals surface area contributed by atoms with Gasteiger partial charge < -0.3 is 10.1 Å². The third-order valence-corrected chi connectivity index (χ3v) is 3.28. The Bertz CT molecular complexity index is 522. The highest BCUT2D eigenvalue weighted by atomic mass is 16.5. The first-order chi connectivity index (χ1) is 9.70. The SMILES string of the molecule is CCOC(=O)c1cccc(NC(=O)C2CC=CCC2)c1. The Morgan fingerprint density at radius 3 is 2.90 bits per heavy atom. The number of rotatable bonds is 4. The summed E-state index contributed by atoms with van der Waals surface area (Å²) in [5, 5.41) is 2.87. The second-order valence-electron chi connectivity index (χ2n) is 4.77. The van der Waals surface area contributed by atoms with Crippen LogP contribution in [0.5, 0.6) is 0 Å². The van der Waals surface area contributed by atoms with Crippen LogP contribution in [0, 0.1) is 5.92 Å². The van der Waals surface area contributed by atoms with Crippen LogP contribution in [0.1, 0.15) is 36.5 Å². The number of esters is 1. The highest BCUT2D eigenvalue weighted by Gasteiger charge is 2.19. The van der Waals surface area contributed by atoms with Crippen molar-refractivity contribution in [2.24, 2.45) is 5.92 Å². The molecule has 1 aliphatic carbocycles. The third-order valence-electron chi connectivity index (χ3n) is 3.28. The number of nitrogens with one attached hydrogen (secondary N) is 1. The summed E-state index contributed by atoms with van der Waals surface area (Å²) in [6.07, 6.45) is 6.75. The Labute approximate surface area is 118 Å². The molecule has 106 valence electrons. The Morgan fingerprint density at radius 2 is 2.20 bits per heavy atom. The molecule has 0 aromatic heterocycles. The maximum atomic E-state index is 12.1. The lowest BCUT2D eigenvalue weighted by atomic mass is 9.93. The standard InChI is InChI=1S/C16H19NO3/c1-2-20-16(19)13-9-6-10-14(11-13)17-15(18)12-7-4-3-5-8-12/h3-4,6,9-12H,2,5,7-8H2,1H3,(H,17,18). The van der Waals surface area contributed by atoms with Gasteiger partial charge in [0.25, 0.3) is 0 Å². The van der Waals surface area contributed by atoms with E-state index in [-0.39, 0.29) is 17.8 Å². The third kappa shape index (κ3) is 3.70. The van der Waals surface area contributed by atoms with E-state index in [4.69, 9.17) is 4.74 Å². The number of hydrogen-bond donors (Lipinski definition) is 1. The smallest absolute Gasteiger partial charge is 0.338 e. The monoisotopic (exact) mass is 273 g/mol. The zero-order valence-corrected chi connectivity index (χ0v) is 11.6. The molecule has 1 aliphatic rings. The summed E-state index contributed by atoms with van der Waals surface area (Å²) in [6.45, 7) is 2.10. The number of anilines is 1. The van der Waals surface area contributed by atoms with Gasteiger partial charge in [0.05, 0.1) is 12.2 Å². The van der Waals surface area contributed by atoms with E-state index in [9.17, 15) is 9.59 Å². The van der Waals surface area contributed by atoms with Crippen LogP contribution in [0.4, 0.5) is 5.69 Å². The van der Waals surface area contributed by atoms with E-state index >= 15 is 0 Å². The maximum absolute atomic E-state index is 12.1. The molecule has 0 fully saturated rings. The fraction of sp³-hybridized carbons (Fsp3) is 0.375. The fourth-order valence-electron chi connectivity index (χ4n) is 2.21. The van der Waals surface area contributed by atoms with Crippen molar-refractivity contribution < 1.29 is 14.3 Å². The molecule has 0 aliphatic heterocycles. The number of hydrogen-bond acceptors (Lipinski definition) is 3. The van der Waals surface area contributed by atoms with Crippen LogP contribution in [0.15, 0.2) is 36.4 Å². The highest BCUT2D eigenvalue weighted by molar-refractivity contribution is 5.95. The second kappa shape index (κ2) is 6.89. The van der Waals surface area contributed by atoms with Crippen LogP contribution in [-0.2, 0) is 9.53 Å². The number of benzene rings is 1. The van der Waals surface area contributed by atoms with E-state index in [1.54, 1.807) is 31.2 Å². The zero-order valence-electron chi connectivity index (χ0n) is 11.6. The first-order valence-corrected chi connectivity index (χ1v) is 6.93. The molecule has 1 aromatic carbocycles. The molecule has 20 heavy (non-hydrogen) atoms. The minimum atomic E-state index is -0.371. The molecule has 2 rings (SSSR count). The molecular weight excluding hydrogens is 254 g/mol. The van der Waals surface area contributed by atoms with Gasteiger partial charge >= 0.3 is 5.97 Å². The number of ether oxygens (including phenoxy) is 1. The molecule has 1 aromatic rings. The zero-order chi connectivity index (χ0) is 14.4. The molecule has 0 saturated carbocycles. The average Bonchev–Trinajstić information content (AvgIpc) is 2.48. The van der Waals surface area contributed by atoms with Crippen LogP contribution < -0.4 is 5.32 Å². The number of allylic oxidation sites excluding steroid dienone is 2. The fourth-order valence-corrected chi connectivity index (χ4v) is 2.21. The summed E-state index contributed by atoms with van der Waals surface area (Å²) in [5.41, 5.74) is 1.09. The molecule has 1 atom stereocenters. The minimum absolute atomic E-state index is 0.00959. The van der Waals surface area contributed by atoms with Crippen molar-refractivity contribution in [3.8, 4) is 0 Å². The number of amides is 1. The Morgan fingerprint density at radius 1 is 1.35 bits per heavy atom. The van der Waals surface area contributed by atoms with E-state index in [0.717, 1.165) is 19.3 Å². The molecule has 4 nitrogen and oxygen atoms in total. The molecule has 1 N–H and O–H groups in total. The van der Waals surface area contributed by atoms with Gasteiger partial charge in [-0.15, -0.1) is 0 Å². The van der Waals surface area contributed by atoms with Crippen LogP contribution in [0.3, 0.4) is 0 Å². The van der Waals surface area contributed by atoms with Crippen molar-refractivity contribution in [3.63, 3.8) is 0 Å². The maximum Gasteiger partial charge on any atom is 0.338 e. The summed E-state index contributed by atoms with van der Waals surface area (Å²) >= 11 is 0. The van der Waals surface area contributed by atoms with E-state index < -0.39 is 0 Å². The van der Waals surface area contributed by atoms with Gasteiger partial charge in [0.2, 0.25) is 5.91 Å². The number of carbonyl (C=O) groups is 2. The van der Waals surface area contributed by atoms with Crippen molar-refractivity contribution >= 4 is 17.6 Å². The summed E-state index contributed by atoms with van der Waals surface area (Å²) in [6, 6.07) is 6.84. The molecular formula is C16H19NO3. The van der Waals surface area contributed by atoms with Crippen molar-refractivity contribution in [1.82, 2.24) is 0 Å². The Hall–Kier alpha value is -2.10. The van der Waals surface area contributed by atoms with E-state index in [2.05, 4.69) is 11.4 Å². The van der Waals surface area contributed by atoms with Crippen molar-refractivity contribution in [1.29, 1.82) is 0 Å². The second-order valence-corrected chi connectivity index (χ2v) is 4.77. The summed E-state index contributed by atoms with van der Waals surface area (Å²) in [7, 11) is 0. The van der Waals surface area contributed by atoms with Gasteiger partial charge in [0.1, 0.15) is 0 Å². The molecule has 0 bridgehead atoms. The van der Waals surface area contributed by atoms with Gasteiger partial charge in [-0.05, 0) is 44.4 Å². The lowest BCUT2D eigenvalue weighted by molar-refractivity contribution is -0.120. The molecule has 0 spiro atoms. The van der Waals surface area contributed by atoms with Crippen LogP contribution in [0.2, 0.25) is 0 Å². The topological polar surface area (TPSA) is 55.4 Å². The molecule has 0 saturated heterocycles. The van der Waals surface area contributed by atoms with Gasteiger partial charge in [0.15, 0.2) is 0 Å². The van der Waals surface area contributed by atoms with Gasteiger partial charge in [-0.1, -0.05) is 18.2 Å². The minimum Gasteiger partial charge on any atom is -0.462 e. The first kappa shape index (κ1) is 14.3. The van der Waals surface area contributed by atoms with Gasteiger partial charge in [-0.3, -0.25) is 4.79 Å². The summed E-state index contributed by atoms with van der Waals surface area (Å²) in [4.78, 5) is 23.8. The van der Waals surface area contributed by atoms with Crippen molar-refractivity contribution in [3.05, 3.63) is 42.0 Å². The highest BCUT2D eigenvalue weighted by Crippen LogP contribution is 2.20. The molecule has 0 heterocycles. The quantitative estimate of drug-likeness (QED) is 0.677. The molecule has 1 unspecified atom stereocenters. The van der Waals surface area contributed by atoms with Crippen molar-refractivity contribution in [2.75, 3.05) is 11.9 Å². The lowest BCUT2D eigenvalue weighted by Crippen LogP contribution is -2.23. The summed E-state index contributed by atoms with van der Waals surface area (Å²) in [5.74, 6) is -0.342. The van der Waals surface area contributed by atoms with Crippen LogP contribution >= 0.6 is 0 Å². The van der Waals surface area contributed by atoms with Gasteiger partial charge in [-0.25, -0.2) is 4.79 Å². The lowest BCUT2D eigenvalue weighted by Gasteiger charge is -2.17. The van der Waals surface area contributed by atoms with Crippen molar-refractivity contribution in [2.45, 2.75) is 26.2 Å². The first-order valence-electron chi connectivity index (χ1n) is 6.93. The molecule has 0 radical (unpaired) electrons. The predicted octanol–water partition coefficient (Wildman–Crippen LogP) is 3.16. The Balaban J connectivity index is 2.02. The Kier molecular flexibility index (Phi) is 4.93. The summed E-state index contributed by atoms with van der Waals surface area (Å²) < 4.78 is 4.94.